The van der Waals surface area contributed by atoms with Crippen molar-refractivity contribution in [2.75, 3.05) is 19.8 Å². The molecule has 1 N–H and O–H groups in total. The second-order valence-corrected chi connectivity index (χ2v) is 6.10. The lowest BCUT2D eigenvalue weighted by atomic mass is 10.0. The van der Waals surface area contributed by atoms with Crippen molar-refractivity contribution in [3.63, 3.8) is 0 Å². The summed E-state index contributed by atoms with van der Waals surface area (Å²) in [4.78, 5) is 0. The lowest BCUT2D eigenvalue weighted by Gasteiger charge is -2.22. The van der Waals surface area contributed by atoms with Crippen LogP contribution in [0.15, 0.2) is 54.6 Å². The summed E-state index contributed by atoms with van der Waals surface area (Å²) in [5.41, 5.74) is 2.40. The Morgan fingerprint density at radius 3 is 2.70 bits per heavy atom. The van der Waals surface area contributed by atoms with Gasteiger partial charge in [0.05, 0.1) is 6.61 Å². The fraction of sp³-hybridized carbons (Fsp3) is 0.400. The Hall–Kier alpha value is -1.84. The van der Waals surface area contributed by atoms with Gasteiger partial charge >= 0.3 is 0 Å². The first-order chi connectivity index (χ1) is 11.4. The molecule has 1 heterocycles. The van der Waals surface area contributed by atoms with Crippen molar-refractivity contribution in [3.05, 3.63) is 65.7 Å². The molecule has 0 aromatic heterocycles. The van der Waals surface area contributed by atoms with E-state index in [4.69, 9.17) is 9.47 Å². The molecule has 0 amide bonds. The Balaban J connectivity index is 1.50. The Kier molecular flexibility index (Phi) is 6.07. The monoisotopic (exact) mass is 311 g/mol. The molecule has 1 saturated heterocycles. The Morgan fingerprint density at radius 2 is 1.87 bits per heavy atom. The second-order valence-electron chi connectivity index (χ2n) is 6.10. The van der Waals surface area contributed by atoms with Crippen LogP contribution >= 0.6 is 0 Å². The van der Waals surface area contributed by atoms with Gasteiger partial charge in [0.1, 0.15) is 12.4 Å². The molecular formula is C20H25NO2. The third-order valence-electron chi connectivity index (χ3n) is 4.21. The molecule has 0 spiro atoms. The van der Waals surface area contributed by atoms with Crippen molar-refractivity contribution in [1.29, 1.82) is 0 Å². The first kappa shape index (κ1) is 16.0. The molecule has 23 heavy (non-hydrogen) atoms. The standard InChI is InChI=1S/C20H25NO2/c1-2-7-17(8-3-1)16-23-20-11-5-4-10-19(20)14-21-13-18-9-6-12-22-15-18/h1-5,7-8,10-11,18,21H,6,9,12-16H2. The number of ether oxygens (including phenoxy) is 2. The smallest absolute Gasteiger partial charge is 0.124 e. The van der Waals surface area contributed by atoms with Crippen LogP contribution in [0.25, 0.3) is 0 Å². The van der Waals surface area contributed by atoms with Crippen LogP contribution in [0.5, 0.6) is 5.75 Å². The van der Waals surface area contributed by atoms with Gasteiger partial charge in [-0.05, 0) is 30.4 Å². The van der Waals surface area contributed by atoms with Crippen molar-refractivity contribution >= 4 is 0 Å². The quantitative estimate of drug-likeness (QED) is 0.844. The summed E-state index contributed by atoms with van der Waals surface area (Å²) >= 11 is 0. The molecule has 0 radical (unpaired) electrons. The molecular weight excluding hydrogens is 286 g/mol. The van der Waals surface area contributed by atoms with E-state index < -0.39 is 0 Å². The van der Waals surface area contributed by atoms with E-state index in [1.165, 1.54) is 24.0 Å². The number of hydrogen-bond donors (Lipinski definition) is 1. The van der Waals surface area contributed by atoms with Crippen molar-refractivity contribution in [2.24, 2.45) is 5.92 Å². The van der Waals surface area contributed by atoms with Gasteiger partial charge in [-0.25, -0.2) is 0 Å². The van der Waals surface area contributed by atoms with Crippen LogP contribution in [0, 0.1) is 5.92 Å². The van der Waals surface area contributed by atoms with Crippen LogP contribution in [-0.4, -0.2) is 19.8 Å². The van der Waals surface area contributed by atoms with Gasteiger partial charge in [-0.3, -0.25) is 0 Å². The second kappa shape index (κ2) is 8.70. The van der Waals surface area contributed by atoms with Crippen LogP contribution in [0.3, 0.4) is 0 Å². The van der Waals surface area contributed by atoms with Crippen molar-refractivity contribution in [3.8, 4) is 5.75 Å². The van der Waals surface area contributed by atoms with E-state index in [0.717, 1.165) is 32.1 Å². The maximum Gasteiger partial charge on any atom is 0.124 e. The molecule has 2 aromatic carbocycles. The van der Waals surface area contributed by atoms with Gasteiger partial charge in [0.15, 0.2) is 0 Å². The molecule has 0 aliphatic carbocycles. The fourth-order valence-electron chi connectivity index (χ4n) is 2.91. The van der Waals surface area contributed by atoms with E-state index in [2.05, 4.69) is 29.6 Å². The summed E-state index contributed by atoms with van der Waals surface area (Å²) in [6, 6.07) is 18.5. The predicted molar refractivity (Wildman–Crippen MR) is 92.5 cm³/mol. The van der Waals surface area contributed by atoms with Gasteiger partial charge in [-0.15, -0.1) is 0 Å². The molecule has 3 heteroatoms. The van der Waals surface area contributed by atoms with E-state index in [1.54, 1.807) is 0 Å². The molecule has 0 bridgehead atoms. The fourth-order valence-corrected chi connectivity index (χ4v) is 2.91. The summed E-state index contributed by atoms with van der Waals surface area (Å²) in [6.45, 7) is 4.26. The van der Waals surface area contributed by atoms with Crippen LogP contribution in [0.1, 0.15) is 24.0 Å². The summed E-state index contributed by atoms with van der Waals surface area (Å²) in [5.74, 6) is 1.60. The third-order valence-corrected chi connectivity index (χ3v) is 4.21. The van der Waals surface area contributed by atoms with Crippen LogP contribution < -0.4 is 10.1 Å². The largest absolute Gasteiger partial charge is 0.489 e. The average Bonchev–Trinajstić information content (AvgIpc) is 2.63. The highest BCUT2D eigenvalue weighted by Crippen LogP contribution is 2.20. The zero-order chi connectivity index (χ0) is 15.7. The minimum Gasteiger partial charge on any atom is -0.489 e. The van der Waals surface area contributed by atoms with Gasteiger partial charge in [-0.1, -0.05) is 48.5 Å². The minimum absolute atomic E-state index is 0.605. The summed E-state index contributed by atoms with van der Waals surface area (Å²) in [5, 5.41) is 3.55. The van der Waals surface area contributed by atoms with Crippen LogP contribution in [0.4, 0.5) is 0 Å². The molecule has 3 rings (SSSR count). The van der Waals surface area contributed by atoms with Crippen molar-refractivity contribution < 1.29 is 9.47 Å². The molecule has 2 aromatic rings. The number of hydrogen-bond acceptors (Lipinski definition) is 3. The Bertz CT molecular complexity index is 579. The van der Waals surface area contributed by atoms with Crippen LogP contribution in [0.2, 0.25) is 0 Å². The topological polar surface area (TPSA) is 30.5 Å². The lowest BCUT2D eigenvalue weighted by molar-refractivity contribution is 0.0547. The summed E-state index contributed by atoms with van der Waals surface area (Å²) in [7, 11) is 0. The highest BCUT2D eigenvalue weighted by molar-refractivity contribution is 5.33. The molecule has 1 unspecified atom stereocenters. The molecule has 0 saturated carbocycles. The molecule has 1 aliphatic heterocycles. The van der Waals surface area contributed by atoms with Gasteiger partial charge in [0, 0.05) is 25.3 Å². The Labute approximate surface area is 138 Å². The summed E-state index contributed by atoms with van der Waals surface area (Å²) in [6.07, 6.45) is 2.45. The lowest BCUT2D eigenvalue weighted by Crippen LogP contribution is -2.29. The number of rotatable bonds is 7. The Morgan fingerprint density at radius 1 is 1.04 bits per heavy atom. The van der Waals surface area contributed by atoms with E-state index in [9.17, 15) is 0 Å². The molecule has 1 fully saturated rings. The molecule has 1 atom stereocenters. The van der Waals surface area contributed by atoms with Gasteiger partial charge < -0.3 is 14.8 Å². The molecule has 3 nitrogen and oxygen atoms in total. The maximum absolute atomic E-state index is 6.00. The van der Waals surface area contributed by atoms with Crippen molar-refractivity contribution in [2.45, 2.75) is 26.0 Å². The van der Waals surface area contributed by atoms with E-state index in [1.807, 2.05) is 30.3 Å². The van der Waals surface area contributed by atoms with Crippen molar-refractivity contribution in [1.82, 2.24) is 5.32 Å². The van der Waals surface area contributed by atoms with E-state index in [-0.39, 0.29) is 0 Å². The normalized spacial score (nSPS) is 17.8. The maximum atomic E-state index is 6.00. The van der Waals surface area contributed by atoms with E-state index >= 15 is 0 Å². The predicted octanol–water partition coefficient (Wildman–Crippen LogP) is 3.78. The highest BCUT2D eigenvalue weighted by atomic mass is 16.5. The summed E-state index contributed by atoms with van der Waals surface area (Å²) < 4.78 is 11.5. The minimum atomic E-state index is 0.605. The first-order valence-electron chi connectivity index (χ1n) is 8.45. The number of para-hydroxylation sites is 1. The van der Waals surface area contributed by atoms with Gasteiger partial charge in [0.25, 0.3) is 0 Å². The van der Waals surface area contributed by atoms with Crippen LogP contribution in [-0.2, 0) is 17.9 Å². The number of benzene rings is 2. The van der Waals surface area contributed by atoms with Gasteiger partial charge in [-0.2, -0.15) is 0 Å². The third kappa shape index (κ3) is 5.08. The molecule has 122 valence electrons. The average molecular weight is 311 g/mol. The zero-order valence-corrected chi connectivity index (χ0v) is 13.5. The SMILES string of the molecule is c1ccc(COc2ccccc2CNCC2CCCOC2)cc1. The number of nitrogens with one attached hydrogen (secondary N) is 1. The van der Waals surface area contributed by atoms with E-state index in [0.29, 0.717) is 12.5 Å². The molecule has 1 aliphatic rings. The zero-order valence-electron chi connectivity index (χ0n) is 13.5. The van der Waals surface area contributed by atoms with Gasteiger partial charge in [0.2, 0.25) is 0 Å². The highest BCUT2D eigenvalue weighted by Gasteiger charge is 2.13. The first-order valence-corrected chi connectivity index (χ1v) is 8.45.